The maximum Gasteiger partial charge on any atom is 0.251 e. The number of rotatable bonds is 4. The topological polar surface area (TPSA) is 52.9 Å². The van der Waals surface area contributed by atoms with Crippen molar-refractivity contribution in [3.05, 3.63) is 29.8 Å². The van der Waals surface area contributed by atoms with E-state index in [0.29, 0.717) is 12.1 Å². The maximum absolute atomic E-state index is 11.6. The molecule has 0 spiro atoms. The van der Waals surface area contributed by atoms with Gasteiger partial charge in [-0.05, 0) is 37.4 Å². The van der Waals surface area contributed by atoms with Crippen molar-refractivity contribution in [3.63, 3.8) is 0 Å². The lowest BCUT2D eigenvalue weighted by atomic mass is 10.2. The van der Waals surface area contributed by atoms with E-state index in [0.717, 1.165) is 4.90 Å². The molecule has 1 N–H and O–H groups in total. The SMILES string of the molecule is CSc1ccc(C(=O)NCC(C)C#N)cc1. The van der Waals surface area contributed by atoms with Crippen LogP contribution in [0.25, 0.3) is 0 Å². The Hall–Kier alpha value is -1.47. The Balaban J connectivity index is 2.56. The van der Waals surface area contributed by atoms with Gasteiger partial charge in [0.15, 0.2) is 0 Å². The van der Waals surface area contributed by atoms with Crippen molar-refractivity contribution in [2.75, 3.05) is 12.8 Å². The summed E-state index contributed by atoms with van der Waals surface area (Å²) in [6, 6.07) is 9.47. The summed E-state index contributed by atoms with van der Waals surface area (Å²) in [6.45, 7) is 2.16. The van der Waals surface area contributed by atoms with Crippen molar-refractivity contribution in [1.29, 1.82) is 5.26 Å². The van der Waals surface area contributed by atoms with Crippen LogP contribution in [0.5, 0.6) is 0 Å². The fourth-order valence-electron chi connectivity index (χ4n) is 1.14. The zero-order valence-electron chi connectivity index (χ0n) is 9.36. The van der Waals surface area contributed by atoms with Gasteiger partial charge >= 0.3 is 0 Å². The molecule has 1 atom stereocenters. The number of nitrogens with zero attached hydrogens (tertiary/aromatic N) is 1. The molecule has 0 saturated carbocycles. The summed E-state index contributed by atoms with van der Waals surface area (Å²) in [5.74, 6) is -0.288. The van der Waals surface area contributed by atoms with Crippen molar-refractivity contribution in [2.24, 2.45) is 5.92 Å². The second-order valence-electron chi connectivity index (χ2n) is 3.47. The van der Waals surface area contributed by atoms with Crippen LogP contribution in [0.4, 0.5) is 0 Å². The third-order valence-corrected chi connectivity index (χ3v) is 2.88. The van der Waals surface area contributed by atoms with Crippen LogP contribution < -0.4 is 5.32 Å². The average molecular weight is 234 g/mol. The van der Waals surface area contributed by atoms with E-state index in [2.05, 4.69) is 11.4 Å². The van der Waals surface area contributed by atoms with E-state index in [1.165, 1.54) is 0 Å². The Kier molecular flexibility index (Phi) is 4.87. The third-order valence-electron chi connectivity index (χ3n) is 2.14. The summed E-state index contributed by atoms with van der Waals surface area (Å²) in [4.78, 5) is 12.8. The summed E-state index contributed by atoms with van der Waals surface area (Å²) in [5, 5.41) is 11.3. The molecule has 0 aromatic heterocycles. The van der Waals surface area contributed by atoms with Crippen molar-refractivity contribution in [2.45, 2.75) is 11.8 Å². The van der Waals surface area contributed by atoms with Gasteiger partial charge in [0.25, 0.3) is 5.91 Å². The van der Waals surface area contributed by atoms with Crippen LogP contribution in [0.3, 0.4) is 0 Å². The van der Waals surface area contributed by atoms with E-state index in [9.17, 15) is 4.79 Å². The fourth-order valence-corrected chi connectivity index (χ4v) is 1.54. The van der Waals surface area contributed by atoms with Crippen LogP contribution >= 0.6 is 11.8 Å². The molecule has 4 heteroatoms. The first kappa shape index (κ1) is 12.6. The number of carbonyl (C=O) groups is 1. The molecule has 0 aliphatic heterocycles. The Morgan fingerprint density at radius 3 is 2.62 bits per heavy atom. The highest BCUT2D eigenvalue weighted by Crippen LogP contribution is 2.14. The van der Waals surface area contributed by atoms with Crippen molar-refractivity contribution in [1.82, 2.24) is 5.32 Å². The van der Waals surface area contributed by atoms with Gasteiger partial charge in [0.1, 0.15) is 0 Å². The molecule has 1 aromatic carbocycles. The zero-order valence-corrected chi connectivity index (χ0v) is 10.2. The molecule has 0 fully saturated rings. The molecule has 1 aromatic rings. The van der Waals surface area contributed by atoms with Gasteiger partial charge in [-0.1, -0.05) is 0 Å². The number of thioether (sulfide) groups is 1. The van der Waals surface area contributed by atoms with Crippen LogP contribution in [-0.2, 0) is 0 Å². The molecular weight excluding hydrogens is 220 g/mol. The summed E-state index contributed by atoms with van der Waals surface area (Å²) in [5.41, 5.74) is 0.628. The van der Waals surface area contributed by atoms with E-state index >= 15 is 0 Å². The molecule has 0 aliphatic rings. The minimum absolute atomic E-state index is 0.130. The lowest BCUT2D eigenvalue weighted by Crippen LogP contribution is -2.27. The summed E-state index contributed by atoms with van der Waals surface area (Å²) < 4.78 is 0. The molecule has 0 heterocycles. The molecule has 0 saturated heterocycles. The number of nitriles is 1. The predicted octanol–water partition coefficient (Wildman–Crippen LogP) is 2.30. The Bertz CT molecular complexity index is 394. The number of nitrogens with one attached hydrogen (secondary N) is 1. The minimum Gasteiger partial charge on any atom is -0.351 e. The molecular formula is C12H14N2OS. The van der Waals surface area contributed by atoms with Gasteiger partial charge in [-0.3, -0.25) is 4.79 Å². The van der Waals surface area contributed by atoms with Gasteiger partial charge in [0.05, 0.1) is 12.0 Å². The lowest BCUT2D eigenvalue weighted by Gasteiger charge is -2.06. The monoisotopic (exact) mass is 234 g/mol. The molecule has 0 aliphatic carbocycles. The van der Waals surface area contributed by atoms with Crippen molar-refractivity contribution >= 4 is 17.7 Å². The van der Waals surface area contributed by atoms with E-state index in [1.807, 2.05) is 18.4 Å². The van der Waals surface area contributed by atoms with Crippen LogP contribution in [0.15, 0.2) is 29.2 Å². The average Bonchev–Trinajstić information content (AvgIpc) is 2.35. The molecule has 0 radical (unpaired) electrons. The molecule has 16 heavy (non-hydrogen) atoms. The van der Waals surface area contributed by atoms with Gasteiger partial charge in [-0.15, -0.1) is 11.8 Å². The number of hydrogen-bond donors (Lipinski definition) is 1. The van der Waals surface area contributed by atoms with Gasteiger partial charge in [0, 0.05) is 17.0 Å². The molecule has 1 unspecified atom stereocenters. The van der Waals surface area contributed by atoms with Crippen molar-refractivity contribution in [3.8, 4) is 6.07 Å². The highest BCUT2D eigenvalue weighted by molar-refractivity contribution is 7.98. The second-order valence-corrected chi connectivity index (χ2v) is 4.35. The Morgan fingerprint density at radius 2 is 2.12 bits per heavy atom. The smallest absolute Gasteiger partial charge is 0.251 e. The first-order valence-corrected chi connectivity index (χ1v) is 6.21. The largest absolute Gasteiger partial charge is 0.351 e. The maximum atomic E-state index is 11.6. The minimum atomic E-state index is -0.158. The quantitative estimate of drug-likeness (QED) is 0.813. The highest BCUT2D eigenvalue weighted by atomic mass is 32.2. The van der Waals surface area contributed by atoms with Gasteiger partial charge in [0.2, 0.25) is 0 Å². The van der Waals surface area contributed by atoms with E-state index in [4.69, 9.17) is 5.26 Å². The van der Waals surface area contributed by atoms with Crippen LogP contribution in [0.1, 0.15) is 17.3 Å². The third kappa shape index (κ3) is 3.59. The van der Waals surface area contributed by atoms with E-state index in [1.54, 1.807) is 30.8 Å². The Labute approximate surface area is 99.8 Å². The normalized spacial score (nSPS) is 11.6. The standard InChI is InChI=1S/C12H14N2OS/c1-9(7-13)8-14-12(15)10-3-5-11(16-2)6-4-10/h3-6,9H,8H2,1-2H3,(H,14,15). The van der Waals surface area contributed by atoms with Gasteiger partial charge < -0.3 is 5.32 Å². The molecule has 3 nitrogen and oxygen atoms in total. The molecule has 0 bridgehead atoms. The van der Waals surface area contributed by atoms with Gasteiger partial charge in [-0.25, -0.2) is 0 Å². The second kappa shape index (κ2) is 6.19. The summed E-state index contributed by atoms with van der Waals surface area (Å²) >= 11 is 1.64. The van der Waals surface area contributed by atoms with Gasteiger partial charge in [-0.2, -0.15) is 5.26 Å². The summed E-state index contributed by atoms with van der Waals surface area (Å²) in [6.07, 6.45) is 1.99. The van der Waals surface area contributed by atoms with E-state index < -0.39 is 0 Å². The van der Waals surface area contributed by atoms with Crippen LogP contribution in [0, 0.1) is 17.2 Å². The van der Waals surface area contributed by atoms with Crippen molar-refractivity contribution < 1.29 is 4.79 Å². The number of hydrogen-bond acceptors (Lipinski definition) is 3. The number of benzene rings is 1. The lowest BCUT2D eigenvalue weighted by molar-refractivity contribution is 0.0950. The van der Waals surface area contributed by atoms with E-state index in [-0.39, 0.29) is 11.8 Å². The fraction of sp³-hybridized carbons (Fsp3) is 0.333. The zero-order chi connectivity index (χ0) is 12.0. The predicted molar refractivity (Wildman–Crippen MR) is 65.3 cm³/mol. The number of carbonyl (C=O) groups excluding carboxylic acids is 1. The highest BCUT2D eigenvalue weighted by Gasteiger charge is 2.06. The molecule has 1 rings (SSSR count). The molecule has 84 valence electrons. The van der Waals surface area contributed by atoms with Crippen LogP contribution in [-0.4, -0.2) is 18.7 Å². The Morgan fingerprint density at radius 1 is 1.50 bits per heavy atom. The summed E-state index contributed by atoms with van der Waals surface area (Å²) in [7, 11) is 0. The number of amides is 1. The first-order chi connectivity index (χ1) is 7.67. The molecule has 1 amide bonds. The van der Waals surface area contributed by atoms with Crippen LogP contribution in [0.2, 0.25) is 0 Å². The first-order valence-electron chi connectivity index (χ1n) is 4.99.